The molecule has 1 heterocycles. The molecule has 0 aromatic heterocycles. The van der Waals surface area contributed by atoms with Crippen LogP contribution in [-0.2, 0) is 19.0 Å². The number of methoxy groups -OCH3 is 1. The molecule has 1 aliphatic carbocycles. The van der Waals surface area contributed by atoms with Crippen molar-refractivity contribution in [2.45, 2.75) is 38.3 Å². The highest BCUT2D eigenvalue weighted by Gasteiger charge is 2.37. The molecule has 2 rings (SSSR count). The van der Waals surface area contributed by atoms with Gasteiger partial charge in [0.25, 0.3) is 0 Å². The average Bonchev–Trinajstić information content (AvgIpc) is 2.58. The van der Waals surface area contributed by atoms with Gasteiger partial charge in [-0.2, -0.15) is 0 Å². The van der Waals surface area contributed by atoms with Crippen molar-refractivity contribution in [1.82, 2.24) is 0 Å². The largest absolute Gasteiger partial charge is 0.458 e. The highest BCUT2D eigenvalue weighted by molar-refractivity contribution is 5.66. The summed E-state index contributed by atoms with van der Waals surface area (Å²) in [6.45, 7) is 1.42. The summed E-state index contributed by atoms with van der Waals surface area (Å²) in [7, 11) is 1.65. The van der Waals surface area contributed by atoms with Crippen LogP contribution in [0.5, 0.6) is 0 Å². The Morgan fingerprint density at radius 2 is 2.20 bits per heavy atom. The Morgan fingerprint density at radius 3 is 2.87 bits per heavy atom. The number of esters is 1. The number of fused-ring (bicyclic) bond motifs is 1. The minimum absolute atomic E-state index is 0.110. The fraction of sp³-hybridized carbons (Fsp3) is 0.727. The lowest BCUT2D eigenvalue weighted by Crippen LogP contribution is -2.28. The lowest BCUT2D eigenvalue weighted by Gasteiger charge is -2.24. The van der Waals surface area contributed by atoms with Crippen molar-refractivity contribution < 1.29 is 19.0 Å². The summed E-state index contributed by atoms with van der Waals surface area (Å²) in [5.74, 6) is 0.158. The van der Waals surface area contributed by atoms with Gasteiger partial charge in [0.15, 0.2) is 6.29 Å². The Kier molecular flexibility index (Phi) is 3.07. The van der Waals surface area contributed by atoms with E-state index < -0.39 is 0 Å². The number of hydrogen-bond acceptors (Lipinski definition) is 4. The molecule has 1 saturated heterocycles. The zero-order chi connectivity index (χ0) is 10.8. The standard InChI is InChI=1S/C11H16O4/c1-7(12)14-9-4-3-8-5-11(13-2)15-10(8)6-9/h3-4,8-11H,5-6H2,1-2H3. The SMILES string of the molecule is COC1CC2C=CC(OC(C)=O)CC2O1. The van der Waals surface area contributed by atoms with Crippen molar-refractivity contribution in [3.05, 3.63) is 12.2 Å². The van der Waals surface area contributed by atoms with Gasteiger partial charge in [0.1, 0.15) is 6.10 Å². The lowest BCUT2D eigenvalue weighted by atomic mass is 9.91. The zero-order valence-corrected chi connectivity index (χ0v) is 9.01. The normalized spacial score (nSPS) is 38.8. The predicted molar refractivity (Wildman–Crippen MR) is 53.1 cm³/mol. The van der Waals surface area contributed by atoms with Gasteiger partial charge in [0.05, 0.1) is 6.10 Å². The number of rotatable bonds is 2. The molecule has 0 aromatic carbocycles. The second kappa shape index (κ2) is 4.33. The minimum Gasteiger partial charge on any atom is -0.458 e. The highest BCUT2D eigenvalue weighted by atomic mass is 16.7. The molecule has 4 nitrogen and oxygen atoms in total. The Bertz CT molecular complexity index is 274. The van der Waals surface area contributed by atoms with Crippen molar-refractivity contribution in [2.75, 3.05) is 7.11 Å². The van der Waals surface area contributed by atoms with E-state index in [9.17, 15) is 4.79 Å². The van der Waals surface area contributed by atoms with E-state index in [4.69, 9.17) is 14.2 Å². The van der Waals surface area contributed by atoms with Crippen molar-refractivity contribution in [2.24, 2.45) is 5.92 Å². The maximum atomic E-state index is 10.8. The van der Waals surface area contributed by atoms with E-state index in [0.717, 1.165) is 12.8 Å². The summed E-state index contributed by atoms with van der Waals surface area (Å²) >= 11 is 0. The van der Waals surface area contributed by atoms with Crippen LogP contribution in [0.15, 0.2) is 12.2 Å². The maximum Gasteiger partial charge on any atom is 0.303 e. The molecule has 1 aliphatic heterocycles. The first kappa shape index (κ1) is 10.6. The van der Waals surface area contributed by atoms with Gasteiger partial charge in [0, 0.05) is 32.8 Å². The van der Waals surface area contributed by atoms with Crippen LogP contribution < -0.4 is 0 Å². The molecule has 84 valence electrons. The molecule has 4 unspecified atom stereocenters. The molecule has 0 radical (unpaired) electrons. The van der Waals surface area contributed by atoms with Crippen molar-refractivity contribution in [3.8, 4) is 0 Å². The molecule has 0 spiro atoms. The van der Waals surface area contributed by atoms with Crippen LogP contribution in [0.4, 0.5) is 0 Å². The third-order valence-corrected chi connectivity index (χ3v) is 2.89. The van der Waals surface area contributed by atoms with Crippen LogP contribution in [0, 0.1) is 5.92 Å². The van der Waals surface area contributed by atoms with Crippen molar-refractivity contribution >= 4 is 5.97 Å². The van der Waals surface area contributed by atoms with Gasteiger partial charge in [-0.05, 0) is 6.08 Å². The summed E-state index contributed by atoms with van der Waals surface area (Å²) < 4.78 is 15.9. The summed E-state index contributed by atoms with van der Waals surface area (Å²) in [6.07, 6.45) is 5.53. The number of hydrogen-bond donors (Lipinski definition) is 0. The van der Waals surface area contributed by atoms with E-state index in [1.807, 2.05) is 6.08 Å². The van der Waals surface area contributed by atoms with Crippen molar-refractivity contribution in [1.29, 1.82) is 0 Å². The molecule has 1 fully saturated rings. The molecule has 15 heavy (non-hydrogen) atoms. The van der Waals surface area contributed by atoms with Crippen molar-refractivity contribution in [3.63, 3.8) is 0 Å². The molecular weight excluding hydrogens is 196 g/mol. The summed E-state index contributed by atoms with van der Waals surface area (Å²) in [4.78, 5) is 10.8. The van der Waals surface area contributed by atoms with Gasteiger partial charge in [-0.3, -0.25) is 4.79 Å². The quantitative estimate of drug-likeness (QED) is 0.510. The Morgan fingerprint density at radius 1 is 1.40 bits per heavy atom. The molecule has 0 saturated carbocycles. The lowest BCUT2D eigenvalue weighted by molar-refractivity contribution is -0.149. The van der Waals surface area contributed by atoms with Gasteiger partial charge in [-0.1, -0.05) is 6.08 Å². The van der Waals surface area contributed by atoms with E-state index in [1.165, 1.54) is 6.92 Å². The first-order valence-corrected chi connectivity index (χ1v) is 5.23. The molecule has 4 atom stereocenters. The highest BCUT2D eigenvalue weighted by Crippen LogP contribution is 2.34. The van der Waals surface area contributed by atoms with Gasteiger partial charge in [0.2, 0.25) is 0 Å². The third kappa shape index (κ3) is 2.38. The fourth-order valence-corrected chi connectivity index (χ4v) is 2.18. The first-order chi connectivity index (χ1) is 7.19. The van der Waals surface area contributed by atoms with E-state index in [-0.39, 0.29) is 24.5 Å². The number of ether oxygens (including phenoxy) is 3. The summed E-state index contributed by atoms with van der Waals surface area (Å²) in [5.41, 5.74) is 0. The Labute approximate surface area is 89.2 Å². The minimum atomic E-state index is -0.246. The molecule has 0 aromatic rings. The van der Waals surface area contributed by atoms with E-state index >= 15 is 0 Å². The molecule has 4 heteroatoms. The number of carbonyl (C=O) groups excluding carboxylic acids is 1. The van der Waals surface area contributed by atoms with Crippen LogP contribution in [0.3, 0.4) is 0 Å². The average molecular weight is 212 g/mol. The van der Waals surface area contributed by atoms with E-state index in [2.05, 4.69) is 6.08 Å². The van der Waals surface area contributed by atoms with E-state index in [1.54, 1.807) is 7.11 Å². The van der Waals surface area contributed by atoms with E-state index in [0.29, 0.717) is 5.92 Å². The maximum absolute atomic E-state index is 10.8. The Balaban J connectivity index is 1.94. The van der Waals surface area contributed by atoms with Crippen LogP contribution in [0.1, 0.15) is 19.8 Å². The second-order valence-electron chi connectivity index (χ2n) is 4.01. The Hall–Kier alpha value is -0.870. The smallest absolute Gasteiger partial charge is 0.303 e. The molecule has 0 N–H and O–H groups in total. The fourth-order valence-electron chi connectivity index (χ4n) is 2.18. The van der Waals surface area contributed by atoms with Gasteiger partial charge in [-0.15, -0.1) is 0 Å². The summed E-state index contributed by atoms with van der Waals surface area (Å²) in [6, 6.07) is 0. The number of carbonyl (C=O) groups is 1. The first-order valence-electron chi connectivity index (χ1n) is 5.23. The van der Waals surface area contributed by atoms with Crippen LogP contribution >= 0.6 is 0 Å². The van der Waals surface area contributed by atoms with Gasteiger partial charge in [-0.25, -0.2) is 0 Å². The summed E-state index contributed by atoms with van der Waals surface area (Å²) in [5, 5.41) is 0. The van der Waals surface area contributed by atoms with Crippen LogP contribution in [-0.4, -0.2) is 31.6 Å². The molecule has 0 bridgehead atoms. The van der Waals surface area contributed by atoms with Gasteiger partial charge < -0.3 is 14.2 Å². The van der Waals surface area contributed by atoms with Crippen LogP contribution in [0.2, 0.25) is 0 Å². The topological polar surface area (TPSA) is 44.8 Å². The van der Waals surface area contributed by atoms with Gasteiger partial charge >= 0.3 is 5.97 Å². The van der Waals surface area contributed by atoms with Crippen LogP contribution in [0.25, 0.3) is 0 Å². The monoisotopic (exact) mass is 212 g/mol. The molecule has 0 amide bonds. The molecule has 2 aliphatic rings. The molecular formula is C11H16O4. The third-order valence-electron chi connectivity index (χ3n) is 2.89. The zero-order valence-electron chi connectivity index (χ0n) is 9.01. The predicted octanol–water partition coefficient (Wildman–Crippen LogP) is 1.26. The second-order valence-corrected chi connectivity index (χ2v) is 4.01.